The fourth-order valence-corrected chi connectivity index (χ4v) is 1.84. The first-order valence-corrected chi connectivity index (χ1v) is 6.64. The Morgan fingerprint density at radius 1 is 1.35 bits per heavy atom. The van der Waals surface area contributed by atoms with Gasteiger partial charge >= 0.3 is 0 Å². The standard InChI is InChI=1S/C13H15BrN2O/c1-16(13(17)4-2-3-9-14)12-7-5-11(10-15)6-8-12/h5-8H,2-4,9H2,1H3. The summed E-state index contributed by atoms with van der Waals surface area (Å²) < 4.78 is 0. The zero-order valence-corrected chi connectivity index (χ0v) is 11.4. The molecular formula is C13H15BrN2O. The quantitative estimate of drug-likeness (QED) is 0.619. The summed E-state index contributed by atoms with van der Waals surface area (Å²) in [6, 6.07) is 9.08. The molecule has 0 heterocycles. The van der Waals surface area contributed by atoms with E-state index >= 15 is 0 Å². The van der Waals surface area contributed by atoms with E-state index in [4.69, 9.17) is 5.26 Å². The van der Waals surface area contributed by atoms with Gasteiger partial charge in [0.2, 0.25) is 5.91 Å². The summed E-state index contributed by atoms with van der Waals surface area (Å²) in [6.07, 6.45) is 2.46. The highest BCUT2D eigenvalue weighted by atomic mass is 79.9. The normalized spacial score (nSPS) is 9.71. The van der Waals surface area contributed by atoms with Gasteiger partial charge in [-0.15, -0.1) is 0 Å². The molecule has 0 N–H and O–H groups in total. The maximum Gasteiger partial charge on any atom is 0.226 e. The van der Waals surface area contributed by atoms with E-state index in [0.717, 1.165) is 23.9 Å². The second-order valence-electron chi connectivity index (χ2n) is 3.76. The zero-order chi connectivity index (χ0) is 12.7. The molecule has 0 unspecified atom stereocenters. The third-order valence-electron chi connectivity index (χ3n) is 2.53. The molecule has 1 amide bonds. The molecule has 0 radical (unpaired) electrons. The van der Waals surface area contributed by atoms with Gasteiger partial charge in [0.05, 0.1) is 11.6 Å². The number of unbranched alkanes of at least 4 members (excludes halogenated alkanes) is 1. The van der Waals surface area contributed by atoms with Crippen molar-refractivity contribution < 1.29 is 4.79 Å². The van der Waals surface area contributed by atoms with Crippen molar-refractivity contribution in [3.8, 4) is 6.07 Å². The first-order chi connectivity index (χ1) is 8.19. The highest BCUT2D eigenvalue weighted by Gasteiger charge is 2.09. The third-order valence-corrected chi connectivity index (χ3v) is 3.09. The van der Waals surface area contributed by atoms with Crippen molar-refractivity contribution in [1.29, 1.82) is 5.26 Å². The molecule has 0 fully saturated rings. The summed E-state index contributed by atoms with van der Waals surface area (Å²) in [5.41, 5.74) is 1.43. The van der Waals surface area contributed by atoms with E-state index in [1.54, 1.807) is 36.2 Å². The number of alkyl halides is 1. The molecule has 1 aromatic carbocycles. The van der Waals surface area contributed by atoms with Crippen molar-refractivity contribution >= 4 is 27.5 Å². The predicted molar refractivity (Wildman–Crippen MR) is 72.2 cm³/mol. The topological polar surface area (TPSA) is 44.1 Å². The summed E-state index contributed by atoms with van der Waals surface area (Å²) in [6.45, 7) is 0. The minimum Gasteiger partial charge on any atom is -0.316 e. The first kappa shape index (κ1) is 13.7. The van der Waals surface area contributed by atoms with Crippen LogP contribution in [-0.4, -0.2) is 18.3 Å². The molecule has 0 aromatic heterocycles. The monoisotopic (exact) mass is 294 g/mol. The van der Waals surface area contributed by atoms with Crippen LogP contribution in [0, 0.1) is 11.3 Å². The van der Waals surface area contributed by atoms with Gasteiger partial charge in [-0.1, -0.05) is 15.9 Å². The Labute approximate surface area is 110 Å². The molecule has 1 rings (SSSR count). The summed E-state index contributed by atoms with van der Waals surface area (Å²) in [7, 11) is 1.76. The molecule has 90 valence electrons. The smallest absolute Gasteiger partial charge is 0.226 e. The molecule has 0 atom stereocenters. The molecule has 0 aliphatic rings. The fraction of sp³-hybridized carbons (Fsp3) is 0.385. The number of anilines is 1. The van der Waals surface area contributed by atoms with E-state index in [1.807, 2.05) is 0 Å². The molecule has 1 aromatic rings. The Morgan fingerprint density at radius 2 is 2.00 bits per heavy atom. The maximum absolute atomic E-state index is 11.8. The number of hydrogen-bond acceptors (Lipinski definition) is 2. The fourth-order valence-electron chi connectivity index (χ4n) is 1.44. The lowest BCUT2D eigenvalue weighted by Gasteiger charge is -2.17. The van der Waals surface area contributed by atoms with E-state index < -0.39 is 0 Å². The van der Waals surface area contributed by atoms with Gasteiger partial charge < -0.3 is 4.90 Å². The van der Waals surface area contributed by atoms with Crippen LogP contribution in [0.5, 0.6) is 0 Å². The van der Waals surface area contributed by atoms with Gasteiger partial charge in [-0.05, 0) is 37.1 Å². The van der Waals surface area contributed by atoms with Gasteiger partial charge in [-0.3, -0.25) is 4.79 Å². The third kappa shape index (κ3) is 4.20. The minimum absolute atomic E-state index is 0.107. The molecule has 0 spiro atoms. The van der Waals surface area contributed by atoms with Gasteiger partial charge in [-0.2, -0.15) is 5.26 Å². The lowest BCUT2D eigenvalue weighted by atomic mass is 10.2. The van der Waals surface area contributed by atoms with Crippen LogP contribution in [0.4, 0.5) is 5.69 Å². The average Bonchev–Trinajstić information content (AvgIpc) is 2.38. The van der Waals surface area contributed by atoms with Crippen LogP contribution in [0.2, 0.25) is 0 Å². The van der Waals surface area contributed by atoms with E-state index in [9.17, 15) is 4.79 Å². The zero-order valence-electron chi connectivity index (χ0n) is 9.82. The van der Waals surface area contributed by atoms with Crippen molar-refractivity contribution in [1.82, 2.24) is 0 Å². The molecule has 17 heavy (non-hydrogen) atoms. The Kier molecular flexibility index (Phi) is 5.71. The van der Waals surface area contributed by atoms with Gasteiger partial charge in [0.25, 0.3) is 0 Å². The predicted octanol–water partition coefficient (Wildman–Crippen LogP) is 3.09. The molecule has 3 nitrogen and oxygen atoms in total. The number of benzene rings is 1. The summed E-state index contributed by atoms with van der Waals surface area (Å²) in [5.74, 6) is 0.107. The minimum atomic E-state index is 0.107. The van der Waals surface area contributed by atoms with Crippen LogP contribution < -0.4 is 4.90 Å². The van der Waals surface area contributed by atoms with Gasteiger partial charge in [0, 0.05) is 24.5 Å². The number of halogens is 1. The SMILES string of the molecule is CN(C(=O)CCCCBr)c1ccc(C#N)cc1. The molecule has 4 heteroatoms. The molecule has 0 aliphatic carbocycles. The molecule has 0 saturated heterocycles. The average molecular weight is 295 g/mol. The second-order valence-corrected chi connectivity index (χ2v) is 4.55. The summed E-state index contributed by atoms with van der Waals surface area (Å²) >= 11 is 3.34. The largest absolute Gasteiger partial charge is 0.316 e. The number of amides is 1. The lowest BCUT2D eigenvalue weighted by Crippen LogP contribution is -2.25. The van der Waals surface area contributed by atoms with Crippen LogP contribution in [-0.2, 0) is 4.79 Å². The molecule has 0 saturated carbocycles. The summed E-state index contributed by atoms with van der Waals surface area (Å²) in [5, 5.41) is 9.62. The van der Waals surface area contributed by atoms with Crippen molar-refractivity contribution in [2.75, 3.05) is 17.3 Å². The van der Waals surface area contributed by atoms with Crippen LogP contribution in [0.25, 0.3) is 0 Å². The Hall–Kier alpha value is -1.34. The number of nitriles is 1. The van der Waals surface area contributed by atoms with Crippen LogP contribution in [0.3, 0.4) is 0 Å². The van der Waals surface area contributed by atoms with Crippen LogP contribution in [0.1, 0.15) is 24.8 Å². The van der Waals surface area contributed by atoms with Crippen LogP contribution >= 0.6 is 15.9 Å². The number of carbonyl (C=O) groups is 1. The Balaban J connectivity index is 2.59. The van der Waals surface area contributed by atoms with Crippen LogP contribution in [0.15, 0.2) is 24.3 Å². The lowest BCUT2D eigenvalue weighted by molar-refractivity contribution is -0.118. The Bertz CT molecular complexity index is 408. The number of nitrogens with zero attached hydrogens (tertiary/aromatic N) is 2. The highest BCUT2D eigenvalue weighted by molar-refractivity contribution is 9.09. The number of rotatable bonds is 5. The second kappa shape index (κ2) is 7.08. The van der Waals surface area contributed by atoms with Gasteiger partial charge in [0.15, 0.2) is 0 Å². The van der Waals surface area contributed by atoms with E-state index in [-0.39, 0.29) is 5.91 Å². The summed E-state index contributed by atoms with van der Waals surface area (Å²) in [4.78, 5) is 13.5. The van der Waals surface area contributed by atoms with Crippen molar-refractivity contribution in [3.63, 3.8) is 0 Å². The highest BCUT2D eigenvalue weighted by Crippen LogP contribution is 2.15. The van der Waals surface area contributed by atoms with Crippen molar-refractivity contribution in [2.24, 2.45) is 0 Å². The maximum atomic E-state index is 11.8. The van der Waals surface area contributed by atoms with E-state index in [1.165, 1.54) is 0 Å². The molecule has 0 bridgehead atoms. The molecule has 0 aliphatic heterocycles. The van der Waals surface area contributed by atoms with Gasteiger partial charge in [-0.25, -0.2) is 0 Å². The number of hydrogen-bond donors (Lipinski definition) is 0. The van der Waals surface area contributed by atoms with Crippen molar-refractivity contribution in [2.45, 2.75) is 19.3 Å². The van der Waals surface area contributed by atoms with E-state index in [2.05, 4.69) is 22.0 Å². The van der Waals surface area contributed by atoms with E-state index in [0.29, 0.717) is 12.0 Å². The Morgan fingerprint density at radius 3 is 2.53 bits per heavy atom. The first-order valence-electron chi connectivity index (χ1n) is 5.51. The van der Waals surface area contributed by atoms with Gasteiger partial charge in [0.1, 0.15) is 0 Å². The van der Waals surface area contributed by atoms with Crippen molar-refractivity contribution in [3.05, 3.63) is 29.8 Å². The molecular weight excluding hydrogens is 280 g/mol. The number of carbonyl (C=O) groups excluding carboxylic acids is 1.